The second kappa shape index (κ2) is 12.2. The van der Waals surface area contributed by atoms with Crippen LogP contribution in [0.5, 0.6) is 0 Å². The van der Waals surface area contributed by atoms with Crippen molar-refractivity contribution < 1.29 is 19.2 Å². The summed E-state index contributed by atoms with van der Waals surface area (Å²) in [6.07, 6.45) is 0.392. The molecule has 206 valence electrons. The van der Waals surface area contributed by atoms with E-state index in [0.717, 1.165) is 30.9 Å². The maximum absolute atomic E-state index is 13.2. The Kier molecular flexibility index (Phi) is 8.28. The van der Waals surface area contributed by atoms with Crippen molar-refractivity contribution in [2.75, 3.05) is 49.6 Å². The van der Waals surface area contributed by atoms with Crippen molar-refractivity contribution >= 4 is 40.3 Å². The van der Waals surface area contributed by atoms with Crippen LogP contribution >= 0.6 is 0 Å². The Hall–Kier alpha value is -4.41. The lowest BCUT2D eigenvalue weighted by molar-refractivity contribution is -0.384. The molecule has 1 unspecified atom stereocenters. The van der Waals surface area contributed by atoms with Crippen LogP contribution in [-0.2, 0) is 14.3 Å². The molecule has 2 amide bonds. The van der Waals surface area contributed by atoms with E-state index in [4.69, 9.17) is 9.73 Å². The summed E-state index contributed by atoms with van der Waals surface area (Å²) in [6, 6.07) is 21.1. The first-order valence-electron chi connectivity index (χ1n) is 13.4. The van der Waals surface area contributed by atoms with Crippen molar-refractivity contribution in [1.29, 1.82) is 0 Å². The molecule has 1 fully saturated rings. The van der Waals surface area contributed by atoms with Crippen LogP contribution in [0.1, 0.15) is 30.4 Å². The number of rotatable bonds is 9. The molecule has 1 N–H and O–H groups in total. The van der Waals surface area contributed by atoms with Crippen molar-refractivity contribution in [3.8, 4) is 0 Å². The highest BCUT2D eigenvalue weighted by Crippen LogP contribution is 2.38. The highest BCUT2D eigenvalue weighted by Gasteiger charge is 2.36. The van der Waals surface area contributed by atoms with E-state index in [1.165, 1.54) is 12.1 Å². The first-order valence-corrected chi connectivity index (χ1v) is 13.4. The summed E-state index contributed by atoms with van der Waals surface area (Å²) < 4.78 is 5.43. The van der Waals surface area contributed by atoms with Crippen LogP contribution in [0.2, 0.25) is 0 Å². The van der Waals surface area contributed by atoms with Crippen molar-refractivity contribution in [2.45, 2.75) is 19.3 Å². The molecule has 10 heteroatoms. The third-order valence-electron chi connectivity index (χ3n) is 7.18. The lowest BCUT2D eigenvalue weighted by atomic mass is 9.90. The van der Waals surface area contributed by atoms with Crippen LogP contribution in [0.3, 0.4) is 0 Å². The number of nitrogens with zero attached hydrogens (tertiary/aromatic N) is 4. The van der Waals surface area contributed by atoms with E-state index < -0.39 is 10.8 Å². The smallest absolute Gasteiger partial charge is 0.269 e. The van der Waals surface area contributed by atoms with Gasteiger partial charge in [-0.1, -0.05) is 37.3 Å². The average Bonchev–Trinajstić information content (AvgIpc) is 3.32. The number of ether oxygens (including phenoxy) is 1. The molecular formula is C30H31N5O5. The molecular weight excluding hydrogens is 510 g/mol. The molecule has 2 heterocycles. The molecule has 3 aromatic rings. The molecule has 0 saturated carbocycles. The largest absolute Gasteiger partial charge is 0.379 e. The highest BCUT2D eigenvalue weighted by atomic mass is 16.6. The van der Waals surface area contributed by atoms with Gasteiger partial charge in [-0.25, -0.2) is 0 Å². The maximum Gasteiger partial charge on any atom is 0.269 e. The van der Waals surface area contributed by atoms with E-state index in [1.807, 2.05) is 61.5 Å². The summed E-state index contributed by atoms with van der Waals surface area (Å²) in [7, 11) is 0. The number of benzene rings is 3. The van der Waals surface area contributed by atoms with Gasteiger partial charge in [-0.3, -0.25) is 29.6 Å². The summed E-state index contributed by atoms with van der Waals surface area (Å²) in [5.74, 6) is -1.07. The Morgan fingerprint density at radius 1 is 1.10 bits per heavy atom. The minimum Gasteiger partial charge on any atom is -0.379 e. The summed E-state index contributed by atoms with van der Waals surface area (Å²) in [5.41, 5.74) is 3.56. The first-order chi connectivity index (χ1) is 19.4. The zero-order valence-electron chi connectivity index (χ0n) is 22.3. The second-order valence-corrected chi connectivity index (χ2v) is 9.68. The van der Waals surface area contributed by atoms with Gasteiger partial charge in [0.05, 0.1) is 29.5 Å². The summed E-state index contributed by atoms with van der Waals surface area (Å²) in [4.78, 5) is 45.9. The topological polar surface area (TPSA) is 117 Å². The number of hydrogen-bond acceptors (Lipinski definition) is 7. The Balaban J connectivity index is 1.46. The predicted octanol–water partition coefficient (Wildman–Crippen LogP) is 4.53. The van der Waals surface area contributed by atoms with Gasteiger partial charge in [-0.15, -0.1) is 0 Å². The van der Waals surface area contributed by atoms with E-state index in [9.17, 15) is 19.7 Å². The van der Waals surface area contributed by atoms with Crippen LogP contribution in [0, 0.1) is 10.1 Å². The highest BCUT2D eigenvalue weighted by molar-refractivity contribution is 6.24. The number of nitro groups is 1. The fourth-order valence-corrected chi connectivity index (χ4v) is 5.04. The second-order valence-electron chi connectivity index (χ2n) is 9.68. The quantitative estimate of drug-likeness (QED) is 0.242. The number of fused-ring (bicyclic) bond motifs is 1. The first kappa shape index (κ1) is 27.2. The lowest BCUT2D eigenvalue weighted by Crippen LogP contribution is -2.43. The van der Waals surface area contributed by atoms with Gasteiger partial charge in [0.15, 0.2) is 0 Å². The van der Waals surface area contributed by atoms with Gasteiger partial charge in [0.2, 0.25) is 11.8 Å². The third kappa shape index (κ3) is 5.93. The number of morpholine rings is 1. The maximum atomic E-state index is 13.2. The molecule has 1 saturated heterocycles. The Labute approximate surface area is 232 Å². The number of nitro benzene ring substituents is 1. The van der Waals surface area contributed by atoms with Crippen LogP contribution in [0.25, 0.3) is 0 Å². The molecule has 2 aliphatic heterocycles. The van der Waals surface area contributed by atoms with Crippen molar-refractivity contribution in [3.05, 3.63) is 94.0 Å². The minimum absolute atomic E-state index is 0.0373. The molecule has 1 atom stereocenters. The molecule has 0 radical (unpaired) electrons. The van der Waals surface area contributed by atoms with Gasteiger partial charge >= 0.3 is 0 Å². The molecule has 10 nitrogen and oxygen atoms in total. The molecule has 2 aliphatic rings. The number of hydrogen-bond donors (Lipinski definition) is 1. The summed E-state index contributed by atoms with van der Waals surface area (Å²) >= 11 is 0. The fourth-order valence-electron chi connectivity index (χ4n) is 5.04. The van der Waals surface area contributed by atoms with Crippen molar-refractivity contribution in [2.24, 2.45) is 4.99 Å². The summed E-state index contributed by atoms with van der Waals surface area (Å²) in [5, 5.41) is 14.3. The van der Waals surface area contributed by atoms with E-state index in [2.05, 4.69) is 10.2 Å². The van der Waals surface area contributed by atoms with E-state index in [0.29, 0.717) is 48.8 Å². The molecule has 0 spiro atoms. The van der Waals surface area contributed by atoms with Crippen LogP contribution < -0.4 is 10.2 Å². The van der Waals surface area contributed by atoms with E-state index >= 15 is 0 Å². The van der Waals surface area contributed by atoms with Crippen LogP contribution in [0.15, 0.2) is 77.8 Å². The molecule has 40 heavy (non-hydrogen) atoms. The normalized spacial score (nSPS) is 17.3. The minimum atomic E-state index is -0.816. The van der Waals surface area contributed by atoms with Crippen LogP contribution in [0.4, 0.5) is 22.7 Å². The fraction of sp³-hybridized carbons (Fsp3) is 0.300. The number of carbonyl (C=O) groups excluding carboxylic acids is 2. The number of aliphatic imine (C=N–C) groups is 1. The van der Waals surface area contributed by atoms with Gasteiger partial charge in [-0.2, -0.15) is 0 Å². The number of amides is 2. The lowest BCUT2D eigenvalue weighted by Gasteiger charge is -2.30. The van der Waals surface area contributed by atoms with Gasteiger partial charge in [0.1, 0.15) is 5.92 Å². The zero-order chi connectivity index (χ0) is 28.1. The number of nitrogens with one attached hydrogen (secondary N) is 1. The van der Waals surface area contributed by atoms with Crippen LogP contribution in [-0.4, -0.2) is 66.7 Å². The SMILES string of the molecule is CCC(=O)N(CCN1CCOCC1)c1ccc(N=C(c2ccccc2)C2C(=O)Nc3ccc([N+](=O)[O-])cc32)cc1. The van der Waals surface area contributed by atoms with Gasteiger partial charge in [-0.05, 0) is 35.9 Å². The number of non-ortho nitro benzene ring substituents is 1. The monoisotopic (exact) mass is 541 g/mol. The summed E-state index contributed by atoms with van der Waals surface area (Å²) in [6.45, 7) is 6.29. The zero-order valence-corrected chi connectivity index (χ0v) is 22.3. The Bertz CT molecular complexity index is 1420. The Morgan fingerprint density at radius 3 is 2.50 bits per heavy atom. The number of carbonyl (C=O) groups is 2. The molecule has 0 bridgehead atoms. The van der Waals surface area contributed by atoms with E-state index in [1.54, 1.807) is 11.0 Å². The molecule has 3 aromatic carbocycles. The third-order valence-corrected chi connectivity index (χ3v) is 7.18. The molecule has 0 aromatic heterocycles. The van der Waals surface area contributed by atoms with Gasteiger partial charge in [0, 0.05) is 61.7 Å². The molecule has 0 aliphatic carbocycles. The number of anilines is 2. The average molecular weight is 542 g/mol. The van der Waals surface area contributed by atoms with Gasteiger partial charge < -0.3 is 15.0 Å². The van der Waals surface area contributed by atoms with Gasteiger partial charge in [0.25, 0.3) is 5.69 Å². The van der Waals surface area contributed by atoms with Crippen molar-refractivity contribution in [1.82, 2.24) is 4.90 Å². The van der Waals surface area contributed by atoms with E-state index in [-0.39, 0.29) is 17.5 Å². The Morgan fingerprint density at radius 2 is 1.82 bits per heavy atom. The van der Waals surface area contributed by atoms with Crippen molar-refractivity contribution in [3.63, 3.8) is 0 Å². The predicted molar refractivity (Wildman–Crippen MR) is 153 cm³/mol. The standard InChI is InChI=1S/C30H31N5O5/c1-2-27(36)34(15-14-33-16-18-40-19-17-33)23-10-8-22(9-11-23)31-29(21-6-4-3-5-7-21)28-25-20-24(35(38)39)12-13-26(25)32-30(28)37/h3-13,20,28H,2,14-19H2,1H3,(H,32,37). The molecule has 5 rings (SSSR count).